The molecule has 112 valence electrons. The summed E-state index contributed by atoms with van der Waals surface area (Å²) < 4.78 is 0. The number of aromatic amines is 1. The first kappa shape index (κ1) is 14.4. The summed E-state index contributed by atoms with van der Waals surface area (Å²) >= 11 is 0. The van der Waals surface area contributed by atoms with Gasteiger partial charge in [-0.2, -0.15) is 0 Å². The van der Waals surface area contributed by atoms with E-state index in [1.807, 2.05) is 43.6 Å². The number of nitrogens with one attached hydrogen (secondary N) is 1. The lowest BCUT2D eigenvalue weighted by Gasteiger charge is -2.18. The van der Waals surface area contributed by atoms with E-state index in [1.165, 1.54) is 11.1 Å². The Kier molecular flexibility index (Phi) is 3.96. The van der Waals surface area contributed by atoms with E-state index in [0.717, 1.165) is 16.5 Å². The van der Waals surface area contributed by atoms with Crippen molar-refractivity contribution in [3.63, 3.8) is 0 Å². The van der Waals surface area contributed by atoms with E-state index in [-0.39, 0.29) is 5.91 Å². The van der Waals surface area contributed by atoms with Gasteiger partial charge in [-0.05, 0) is 29.7 Å². The zero-order chi connectivity index (χ0) is 15.5. The van der Waals surface area contributed by atoms with Crippen LogP contribution in [0.4, 0.5) is 0 Å². The lowest BCUT2D eigenvalue weighted by Crippen LogP contribution is -2.27. The van der Waals surface area contributed by atoms with Crippen LogP contribution in [0.25, 0.3) is 10.9 Å². The summed E-state index contributed by atoms with van der Waals surface area (Å²) in [4.78, 5) is 17.5. The summed E-state index contributed by atoms with van der Waals surface area (Å²) in [6.07, 6.45) is 2.36. The summed E-state index contributed by atoms with van der Waals surface area (Å²) in [5.74, 6) is 0.132. The van der Waals surface area contributed by atoms with Crippen LogP contribution in [0.1, 0.15) is 16.7 Å². The van der Waals surface area contributed by atoms with Crippen molar-refractivity contribution in [2.45, 2.75) is 19.9 Å². The van der Waals surface area contributed by atoms with Gasteiger partial charge in [-0.3, -0.25) is 4.79 Å². The fourth-order valence-corrected chi connectivity index (χ4v) is 2.71. The molecule has 3 rings (SSSR count). The number of H-pyrrole nitrogens is 1. The van der Waals surface area contributed by atoms with Crippen molar-refractivity contribution < 1.29 is 4.79 Å². The molecule has 2 aromatic carbocycles. The maximum atomic E-state index is 12.5. The third-order valence-corrected chi connectivity index (χ3v) is 4.11. The Labute approximate surface area is 130 Å². The van der Waals surface area contributed by atoms with Gasteiger partial charge in [0.25, 0.3) is 0 Å². The van der Waals surface area contributed by atoms with Crippen LogP contribution in [-0.2, 0) is 17.8 Å². The predicted molar refractivity (Wildman–Crippen MR) is 89.7 cm³/mol. The molecule has 1 aromatic heterocycles. The number of amides is 1. The van der Waals surface area contributed by atoms with Crippen LogP contribution in [0.2, 0.25) is 0 Å². The third-order valence-electron chi connectivity index (χ3n) is 4.11. The van der Waals surface area contributed by atoms with E-state index in [2.05, 4.69) is 30.1 Å². The summed E-state index contributed by atoms with van der Waals surface area (Å²) in [5, 5.41) is 1.13. The quantitative estimate of drug-likeness (QED) is 0.782. The van der Waals surface area contributed by atoms with Crippen LogP contribution >= 0.6 is 0 Å². The predicted octanol–water partition coefficient (Wildman–Crippen LogP) is 3.68. The van der Waals surface area contributed by atoms with Gasteiger partial charge in [-0.25, -0.2) is 0 Å². The Balaban J connectivity index is 1.73. The van der Waals surface area contributed by atoms with Crippen LogP contribution in [0.5, 0.6) is 0 Å². The van der Waals surface area contributed by atoms with Crippen LogP contribution in [0.3, 0.4) is 0 Å². The number of likely N-dealkylation sites (N-methyl/N-ethyl adjacent to an activating group) is 1. The smallest absolute Gasteiger partial charge is 0.227 e. The normalized spacial score (nSPS) is 10.8. The van der Waals surface area contributed by atoms with Gasteiger partial charge in [0.15, 0.2) is 0 Å². The highest BCUT2D eigenvalue weighted by molar-refractivity contribution is 5.88. The average molecular weight is 292 g/mol. The number of fused-ring (bicyclic) bond motifs is 1. The van der Waals surface area contributed by atoms with Crippen molar-refractivity contribution in [1.82, 2.24) is 9.88 Å². The molecule has 0 spiro atoms. The molecule has 22 heavy (non-hydrogen) atoms. The highest BCUT2D eigenvalue weighted by atomic mass is 16.2. The molecule has 0 fully saturated rings. The van der Waals surface area contributed by atoms with E-state index in [1.54, 1.807) is 4.90 Å². The highest BCUT2D eigenvalue weighted by Crippen LogP contribution is 2.19. The Bertz CT molecular complexity index is 804. The molecule has 0 bridgehead atoms. The number of rotatable bonds is 4. The maximum Gasteiger partial charge on any atom is 0.227 e. The number of para-hydroxylation sites is 1. The molecule has 0 unspecified atom stereocenters. The van der Waals surface area contributed by atoms with Gasteiger partial charge in [0.1, 0.15) is 0 Å². The molecule has 0 saturated heterocycles. The van der Waals surface area contributed by atoms with Crippen molar-refractivity contribution in [2.75, 3.05) is 7.05 Å². The Morgan fingerprint density at radius 1 is 1.05 bits per heavy atom. The van der Waals surface area contributed by atoms with Crippen LogP contribution in [0, 0.1) is 6.92 Å². The minimum atomic E-state index is 0.132. The fourth-order valence-electron chi connectivity index (χ4n) is 2.71. The zero-order valence-corrected chi connectivity index (χ0v) is 13.0. The van der Waals surface area contributed by atoms with E-state index in [9.17, 15) is 4.79 Å². The molecule has 1 amide bonds. The second-order valence-electron chi connectivity index (χ2n) is 5.71. The molecular weight excluding hydrogens is 272 g/mol. The lowest BCUT2D eigenvalue weighted by molar-refractivity contribution is -0.129. The molecule has 3 nitrogen and oxygen atoms in total. The largest absolute Gasteiger partial charge is 0.361 e. The molecule has 1 N–H and O–H groups in total. The molecule has 0 saturated carbocycles. The first-order valence-electron chi connectivity index (χ1n) is 7.48. The lowest BCUT2D eigenvalue weighted by atomic mass is 10.1. The number of benzene rings is 2. The first-order chi connectivity index (χ1) is 10.6. The molecule has 0 aliphatic heterocycles. The molecule has 0 aliphatic carbocycles. The SMILES string of the molecule is Cc1ccccc1CN(C)C(=O)Cc1c[nH]c2ccccc12. The summed E-state index contributed by atoms with van der Waals surface area (Å²) in [5.41, 5.74) is 4.54. The number of carbonyl (C=O) groups is 1. The van der Waals surface area contributed by atoms with Gasteiger partial charge >= 0.3 is 0 Å². The molecular formula is C19H20N2O. The van der Waals surface area contributed by atoms with Gasteiger partial charge in [-0.1, -0.05) is 42.5 Å². The summed E-state index contributed by atoms with van der Waals surface area (Å²) in [7, 11) is 1.86. The standard InChI is InChI=1S/C19H20N2O/c1-14-7-3-4-8-15(14)13-21(2)19(22)11-16-12-20-18-10-6-5-9-17(16)18/h3-10,12,20H,11,13H2,1-2H3. The van der Waals surface area contributed by atoms with Crippen molar-refractivity contribution >= 4 is 16.8 Å². The number of nitrogens with zero attached hydrogens (tertiary/aromatic N) is 1. The van der Waals surface area contributed by atoms with Gasteiger partial charge in [-0.15, -0.1) is 0 Å². The van der Waals surface area contributed by atoms with Crippen molar-refractivity contribution in [1.29, 1.82) is 0 Å². The summed E-state index contributed by atoms with van der Waals surface area (Å²) in [6.45, 7) is 2.72. The number of aryl methyl sites for hydroxylation is 1. The van der Waals surface area contributed by atoms with Crippen molar-refractivity contribution in [3.8, 4) is 0 Å². The van der Waals surface area contributed by atoms with E-state index in [0.29, 0.717) is 13.0 Å². The summed E-state index contributed by atoms with van der Waals surface area (Å²) in [6, 6.07) is 16.3. The number of hydrogen-bond acceptors (Lipinski definition) is 1. The number of carbonyl (C=O) groups excluding carboxylic acids is 1. The topological polar surface area (TPSA) is 36.1 Å². The Morgan fingerprint density at radius 2 is 1.77 bits per heavy atom. The minimum Gasteiger partial charge on any atom is -0.361 e. The van der Waals surface area contributed by atoms with Crippen LogP contribution in [0.15, 0.2) is 54.7 Å². The average Bonchev–Trinajstić information content (AvgIpc) is 2.93. The van der Waals surface area contributed by atoms with E-state index < -0.39 is 0 Å². The van der Waals surface area contributed by atoms with Gasteiger partial charge in [0, 0.05) is 30.7 Å². The molecule has 0 radical (unpaired) electrons. The zero-order valence-electron chi connectivity index (χ0n) is 13.0. The fraction of sp³-hybridized carbons (Fsp3) is 0.211. The molecule has 3 heteroatoms. The van der Waals surface area contributed by atoms with Gasteiger partial charge < -0.3 is 9.88 Å². The second-order valence-corrected chi connectivity index (χ2v) is 5.71. The van der Waals surface area contributed by atoms with E-state index >= 15 is 0 Å². The Morgan fingerprint density at radius 3 is 2.59 bits per heavy atom. The molecule has 1 heterocycles. The van der Waals surface area contributed by atoms with Crippen molar-refractivity contribution in [2.24, 2.45) is 0 Å². The van der Waals surface area contributed by atoms with E-state index in [4.69, 9.17) is 0 Å². The Hall–Kier alpha value is -2.55. The monoisotopic (exact) mass is 292 g/mol. The molecule has 0 atom stereocenters. The first-order valence-corrected chi connectivity index (χ1v) is 7.48. The number of hydrogen-bond donors (Lipinski definition) is 1. The third kappa shape index (κ3) is 2.89. The van der Waals surface area contributed by atoms with Crippen molar-refractivity contribution in [3.05, 3.63) is 71.4 Å². The molecule has 3 aromatic rings. The van der Waals surface area contributed by atoms with Crippen LogP contribution < -0.4 is 0 Å². The highest BCUT2D eigenvalue weighted by Gasteiger charge is 2.13. The minimum absolute atomic E-state index is 0.132. The van der Waals surface area contributed by atoms with Crippen LogP contribution in [-0.4, -0.2) is 22.8 Å². The van der Waals surface area contributed by atoms with Gasteiger partial charge in [0.2, 0.25) is 5.91 Å². The maximum absolute atomic E-state index is 12.5. The second kappa shape index (κ2) is 6.06. The number of aromatic nitrogens is 1. The van der Waals surface area contributed by atoms with Gasteiger partial charge in [0.05, 0.1) is 6.42 Å². The molecule has 0 aliphatic rings.